The molecule has 0 amide bonds. The molecule has 92 valence electrons. The summed E-state index contributed by atoms with van der Waals surface area (Å²) in [5.41, 5.74) is 0. The van der Waals surface area contributed by atoms with Gasteiger partial charge in [-0.2, -0.15) is 0 Å². The van der Waals surface area contributed by atoms with Crippen LogP contribution in [0.4, 0.5) is 0 Å². The molecular formula is C13H23NO2. The zero-order valence-corrected chi connectivity index (χ0v) is 10.5. The van der Waals surface area contributed by atoms with Gasteiger partial charge in [-0.25, -0.2) is 0 Å². The molecule has 1 heterocycles. The molecule has 1 rings (SSSR count). The van der Waals surface area contributed by atoms with Crippen molar-refractivity contribution in [3.63, 3.8) is 0 Å². The maximum absolute atomic E-state index is 5.30. The predicted octanol–water partition coefficient (Wildman–Crippen LogP) is 2.47. The van der Waals surface area contributed by atoms with E-state index >= 15 is 0 Å². The van der Waals surface area contributed by atoms with Crippen LogP contribution in [0.3, 0.4) is 0 Å². The highest BCUT2D eigenvalue weighted by Crippen LogP contribution is 2.06. The van der Waals surface area contributed by atoms with Crippen molar-refractivity contribution in [2.24, 2.45) is 5.92 Å². The lowest BCUT2D eigenvalue weighted by Crippen LogP contribution is -2.32. The number of furan rings is 1. The summed E-state index contributed by atoms with van der Waals surface area (Å²) in [6, 6.07) is 4.48. The van der Waals surface area contributed by atoms with E-state index in [1.54, 1.807) is 13.4 Å². The quantitative estimate of drug-likeness (QED) is 0.738. The van der Waals surface area contributed by atoms with E-state index in [0.717, 1.165) is 31.8 Å². The Morgan fingerprint density at radius 3 is 2.88 bits per heavy atom. The number of hydrogen-bond acceptors (Lipinski definition) is 3. The molecule has 16 heavy (non-hydrogen) atoms. The number of ether oxygens (including phenoxy) is 1. The first-order chi connectivity index (χ1) is 7.72. The molecule has 3 nitrogen and oxygen atoms in total. The average molecular weight is 225 g/mol. The van der Waals surface area contributed by atoms with E-state index in [2.05, 4.69) is 19.2 Å². The summed E-state index contributed by atoms with van der Waals surface area (Å²) in [6.07, 6.45) is 3.83. The Labute approximate surface area is 98.2 Å². The zero-order valence-electron chi connectivity index (χ0n) is 10.5. The maximum Gasteiger partial charge on any atom is 0.103 e. The van der Waals surface area contributed by atoms with Gasteiger partial charge < -0.3 is 14.5 Å². The number of rotatable bonds is 8. The van der Waals surface area contributed by atoms with Gasteiger partial charge in [0.2, 0.25) is 0 Å². The van der Waals surface area contributed by atoms with Crippen molar-refractivity contribution in [3.8, 4) is 0 Å². The maximum atomic E-state index is 5.30. The largest absolute Gasteiger partial charge is 0.469 e. The summed E-state index contributed by atoms with van der Waals surface area (Å²) < 4.78 is 10.4. The molecule has 0 saturated carbocycles. The smallest absolute Gasteiger partial charge is 0.103 e. The van der Waals surface area contributed by atoms with E-state index in [1.165, 1.54) is 0 Å². The fourth-order valence-electron chi connectivity index (χ4n) is 1.66. The third-order valence-corrected chi connectivity index (χ3v) is 2.67. The van der Waals surface area contributed by atoms with E-state index in [9.17, 15) is 0 Å². The van der Waals surface area contributed by atoms with Crippen molar-refractivity contribution in [2.45, 2.75) is 32.7 Å². The van der Waals surface area contributed by atoms with Crippen LogP contribution in [0, 0.1) is 5.92 Å². The minimum Gasteiger partial charge on any atom is -0.469 e. The highest BCUT2D eigenvalue weighted by atomic mass is 16.5. The third-order valence-electron chi connectivity index (χ3n) is 2.67. The van der Waals surface area contributed by atoms with Gasteiger partial charge in [-0.1, -0.05) is 6.92 Å². The number of methoxy groups -OCH3 is 1. The minimum atomic E-state index is 0.518. The van der Waals surface area contributed by atoms with Crippen molar-refractivity contribution in [1.29, 1.82) is 0 Å². The van der Waals surface area contributed by atoms with Crippen molar-refractivity contribution in [2.75, 3.05) is 20.3 Å². The van der Waals surface area contributed by atoms with Gasteiger partial charge >= 0.3 is 0 Å². The Kier molecular flexibility index (Phi) is 6.19. The molecule has 0 fully saturated rings. The monoisotopic (exact) mass is 225 g/mol. The molecule has 2 unspecified atom stereocenters. The average Bonchev–Trinajstić information content (AvgIpc) is 2.77. The zero-order chi connectivity index (χ0) is 11.8. The van der Waals surface area contributed by atoms with Crippen LogP contribution in [0.2, 0.25) is 0 Å². The molecule has 1 N–H and O–H groups in total. The van der Waals surface area contributed by atoms with Crippen LogP contribution < -0.4 is 5.32 Å². The first-order valence-electron chi connectivity index (χ1n) is 5.97. The molecular weight excluding hydrogens is 202 g/mol. The van der Waals surface area contributed by atoms with Gasteiger partial charge in [0.05, 0.1) is 6.26 Å². The lowest BCUT2D eigenvalue weighted by atomic mass is 10.1. The highest BCUT2D eigenvalue weighted by molar-refractivity contribution is 4.98. The molecule has 1 aromatic heterocycles. The summed E-state index contributed by atoms with van der Waals surface area (Å²) >= 11 is 0. The molecule has 0 saturated heterocycles. The first-order valence-corrected chi connectivity index (χ1v) is 5.97. The number of nitrogens with one attached hydrogen (secondary N) is 1. The predicted molar refractivity (Wildman–Crippen MR) is 65.5 cm³/mol. The van der Waals surface area contributed by atoms with Crippen LogP contribution in [0.15, 0.2) is 22.8 Å². The summed E-state index contributed by atoms with van der Waals surface area (Å²) in [4.78, 5) is 0. The fourth-order valence-corrected chi connectivity index (χ4v) is 1.66. The van der Waals surface area contributed by atoms with Crippen LogP contribution in [0.1, 0.15) is 26.0 Å². The molecule has 0 aromatic carbocycles. The molecule has 0 bridgehead atoms. The molecule has 3 heteroatoms. The molecule has 2 atom stereocenters. The first kappa shape index (κ1) is 13.3. The second-order valence-electron chi connectivity index (χ2n) is 4.49. The van der Waals surface area contributed by atoms with Gasteiger partial charge in [0.1, 0.15) is 5.76 Å². The Balaban J connectivity index is 2.09. The fraction of sp³-hybridized carbons (Fsp3) is 0.692. The molecule has 0 spiro atoms. The molecule has 0 radical (unpaired) electrons. The lowest BCUT2D eigenvalue weighted by molar-refractivity contribution is 0.157. The van der Waals surface area contributed by atoms with Gasteiger partial charge in [0.15, 0.2) is 0 Å². The normalized spacial score (nSPS) is 14.9. The van der Waals surface area contributed by atoms with Crippen molar-refractivity contribution < 1.29 is 9.15 Å². The summed E-state index contributed by atoms with van der Waals surface area (Å²) in [7, 11) is 1.75. The summed E-state index contributed by atoms with van der Waals surface area (Å²) in [5.74, 6) is 1.63. The Bertz CT molecular complexity index is 259. The molecule has 0 aliphatic heterocycles. The van der Waals surface area contributed by atoms with E-state index < -0.39 is 0 Å². The second-order valence-corrected chi connectivity index (χ2v) is 4.49. The minimum absolute atomic E-state index is 0.518. The summed E-state index contributed by atoms with van der Waals surface area (Å²) in [5, 5.41) is 3.51. The van der Waals surface area contributed by atoms with Gasteiger partial charge in [0, 0.05) is 32.7 Å². The van der Waals surface area contributed by atoms with Crippen LogP contribution >= 0.6 is 0 Å². The molecule has 0 aliphatic rings. The van der Waals surface area contributed by atoms with Gasteiger partial charge in [0.25, 0.3) is 0 Å². The molecule has 0 aliphatic carbocycles. The van der Waals surface area contributed by atoms with E-state index in [-0.39, 0.29) is 0 Å². The number of aryl methyl sites for hydroxylation is 1. The highest BCUT2D eigenvalue weighted by Gasteiger charge is 2.06. The third kappa shape index (κ3) is 5.33. The summed E-state index contributed by atoms with van der Waals surface area (Å²) in [6.45, 7) is 6.23. The van der Waals surface area contributed by atoms with Crippen LogP contribution in [0.25, 0.3) is 0 Å². The lowest BCUT2D eigenvalue weighted by Gasteiger charge is -2.16. The van der Waals surface area contributed by atoms with Crippen molar-refractivity contribution >= 4 is 0 Å². The van der Waals surface area contributed by atoms with Crippen LogP contribution in [0.5, 0.6) is 0 Å². The van der Waals surface area contributed by atoms with Crippen molar-refractivity contribution in [3.05, 3.63) is 24.2 Å². The Morgan fingerprint density at radius 1 is 1.44 bits per heavy atom. The second kappa shape index (κ2) is 7.47. The van der Waals surface area contributed by atoms with Crippen LogP contribution in [-0.2, 0) is 11.2 Å². The van der Waals surface area contributed by atoms with Gasteiger partial charge in [-0.3, -0.25) is 0 Å². The number of hydrogen-bond donors (Lipinski definition) is 1. The van der Waals surface area contributed by atoms with Crippen molar-refractivity contribution in [1.82, 2.24) is 5.32 Å². The van der Waals surface area contributed by atoms with E-state index in [1.807, 2.05) is 12.1 Å². The standard InChI is InChI=1S/C13H23NO2/c1-11(10-15-3)9-14-12(2)6-7-13-5-4-8-16-13/h4-5,8,11-12,14H,6-7,9-10H2,1-3H3. The van der Waals surface area contributed by atoms with Gasteiger partial charge in [-0.05, 0) is 31.4 Å². The van der Waals surface area contributed by atoms with Gasteiger partial charge in [-0.15, -0.1) is 0 Å². The van der Waals surface area contributed by atoms with E-state index in [4.69, 9.17) is 9.15 Å². The Hall–Kier alpha value is -0.800. The topological polar surface area (TPSA) is 34.4 Å². The molecule has 1 aromatic rings. The van der Waals surface area contributed by atoms with Crippen LogP contribution in [-0.4, -0.2) is 26.3 Å². The SMILES string of the molecule is COCC(C)CNC(C)CCc1ccco1. The van der Waals surface area contributed by atoms with E-state index in [0.29, 0.717) is 12.0 Å². The Morgan fingerprint density at radius 2 is 2.25 bits per heavy atom.